The summed E-state index contributed by atoms with van der Waals surface area (Å²) in [6, 6.07) is 0.0984. The van der Waals surface area contributed by atoms with Crippen molar-refractivity contribution in [1.82, 2.24) is 15.1 Å². The molecule has 0 unspecified atom stereocenters. The molecule has 0 atom stereocenters. The van der Waals surface area contributed by atoms with E-state index in [9.17, 15) is 9.59 Å². The predicted octanol–water partition coefficient (Wildman–Crippen LogP) is 0.538. The maximum absolute atomic E-state index is 11.7. The molecule has 2 rings (SSSR count). The summed E-state index contributed by atoms with van der Waals surface area (Å²) in [5, 5.41) is 18.7. The van der Waals surface area contributed by atoms with E-state index in [0.29, 0.717) is 19.0 Å². The van der Waals surface area contributed by atoms with Crippen LogP contribution in [0.15, 0.2) is 4.42 Å². The van der Waals surface area contributed by atoms with Crippen molar-refractivity contribution in [2.45, 2.75) is 26.2 Å². The van der Waals surface area contributed by atoms with E-state index < -0.39 is 5.97 Å². The zero-order chi connectivity index (χ0) is 14.7. The number of amides is 1. The van der Waals surface area contributed by atoms with Crippen LogP contribution in [0.5, 0.6) is 0 Å². The Kier molecular flexibility index (Phi) is 4.33. The summed E-state index contributed by atoms with van der Waals surface area (Å²) in [4.78, 5) is 24.1. The first kappa shape index (κ1) is 14.4. The number of carboxylic acid groups (broad SMARTS) is 1. The van der Waals surface area contributed by atoms with Crippen LogP contribution in [0.2, 0.25) is 0 Å². The number of likely N-dealkylation sites (tertiary alicyclic amines) is 1. The Morgan fingerprint density at radius 3 is 2.70 bits per heavy atom. The lowest BCUT2D eigenvalue weighted by Gasteiger charge is -2.37. The maximum Gasteiger partial charge on any atom is 0.322 e. The Morgan fingerprint density at radius 1 is 1.45 bits per heavy atom. The first-order valence-corrected chi connectivity index (χ1v) is 6.51. The van der Waals surface area contributed by atoms with Gasteiger partial charge in [0.1, 0.15) is 0 Å². The van der Waals surface area contributed by atoms with E-state index in [1.54, 1.807) is 0 Å². The fourth-order valence-electron chi connectivity index (χ4n) is 2.06. The molecular formula is C12H18N4O4. The SMILES string of the molecule is CC(C)c1nnc(NC(=O)CN2CC(CC(=O)O)C2)o1. The summed E-state index contributed by atoms with van der Waals surface area (Å²) in [6.07, 6.45) is 0.152. The monoisotopic (exact) mass is 282 g/mol. The van der Waals surface area contributed by atoms with Crippen LogP contribution in [-0.2, 0) is 9.59 Å². The number of hydrogen-bond donors (Lipinski definition) is 2. The largest absolute Gasteiger partial charge is 0.481 e. The van der Waals surface area contributed by atoms with Gasteiger partial charge in [-0.15, -0.1) is 5.10 Å². The second-order valence-corrected chi connectivity index (χ2v) is 5.31. The van der Waals surface area contributed by atoms with Gasteiger partial charge in [0.2, 0.25) is 11.8 Å². The molecule has 8 nitrogen and oxygen atoms in total. The molecule has 0 saturated carbocycles. The number of aliphatic carboxylic acids is 1. The Hall–Kier alpha value is -1.96. The normalized spacial score (nSPS) is 16.1. The van der Waals surface area contributed by atoms with Gasteiger partial charge in [-0.25, -0.2) is 0 Å². The minimum atomic E-state index is -0.800. The second kappa shape index (κ2) is 6.00. The smallest absolute Gasteiger partial charge is 0.322 e. The van der Waals surface area contributed by atoms with Crippen LogP contribution in [0.4, 0.5) is 6.01 Å². The molecule has 2 heterocycles. The minimum Gasteiger partial charge on any atom is -0.481 e. The third-order valence-electron chi connectivity index (χ3n) is 3.04. The zero-order valence-electron chi connectivity index (χ0n) is 11.5. The Bertz CT molecular complexity index is 493. The van der Waals surface area contributed by atoms with Crippen molar-refractivity contribution in [2.24, 2.45) is 5.92 Å². The molecule has 1 aromatic rings. The van der Waals surface area contributed by atoms with Crippen LogP contribution in [0.1, 0.15) is 32.1 Å². The van der Waals surface area contributed by atoms with Gasteiger partial charge in [-0.05, 0) is 5.92 Å². The zero-order valence-corrected chi connectivity index (χ0v) is 11.5. The molecule has 1 aliphatic heterocycles. The summed E-state index contributed by atoms with van der Waals surface area (Å²) < 4.78 is 5.27. The van der Waals surface area contributed by atoms with Crippen molar-refractivity contribution in [3.63, 3.8) is 0 Å². The molecule has 20 heavy (non-hydrogen) atoms. The number of hydrogen-bond acceptors (Lipinski definition) is 6. The molecule has 0 aromatic carbocycles. The van der Waals surface area contributed by atoms with Crippen LogP contribution < -0.4 is 5.32 Å². The Labute approximate surface area is 116 Å². The van der Waals surface area contributed by atoms with E-state index in [-0.39, 0.29) is 36.7 Å². The molecule has 1 aromatic heterocycles. The van der Waals surface area contributed by atoms with Gasteiger partial charge in [0, 0.05) is 19.0 Å². The average Bonchev–Trinajstić information content (AvgIpc) is 2.74. The molecule has 1 fully saturated rings. The van der Waals surface area contributed by atoms with Gasteiger partial charge < -0.3 is 9.52 Å². The lowest BCUT2D eigenvalue weighted by atomic mass is 9.96. The van der Waals surface area contributed by atoms with Gasteiger partial charge in [0.15, 0.2) is 0 Å². The number of carbonyl (C=O) groups is 2. The highest BCUT2D eigenvalue weighted by atomic mass is 16.4. The first-order chi connectivity index (χ1) is 9.44. The molecule has 0 bridgehead atoms. The van der Waals surface area contributed by atoms with Crippen molar-refractivity contribution in [3.8, 4) is 0 Å². The average molecular weight is 282 g/mol. The molecule has 0 aliphatic carbocycles. The number of anilines is 1. The van der Waals surface area contributed by atoms with Crippen molar-refractivity contribution >= 4 is 17.9 Å². The summed E-state index contributed by atoms with van der Waals surface area (Å²) in [7, 11) is 0. The lowest BCUT2D eigenvalue weighted by molar-refractivity contribution is -0.139. The molecule has 2 N–H and O–H groups in total. The highest BCUT2D eigenvalue weighted by Crippen LogP contribution is 2.19. The van der Waals surface area contributed by atoms with Gasteiger partial charge in [-0.1, -0.05) is 18.9 Å². The molecule has 1 saturated heterocycles. The minimum absolute atomic E-state index is 0.0984. The summed E-state index contributed by atoms with van der Waals surface area (Å²) in [6.45, 7) is 5.29. The summed E-state index contributed by atoms with van der Waals surface area (Å²) in [5.41, 5.74) is 0. The second-order valence-electron chi connectivity index (χ2n) is 5.31. The number of nitrogens with one attached hydrogen (secondary N) is 1. The van der Waals surface area contributed by atoms with E-state index in [1.165, 1.54) is 0 Å². The van der Waals surface area contributed by atoms with Crippen LogP contribution in [0.3, 0.4) is 0 Å². The van der Waals surface area contributed by atoms with Crippen molar-refractivity contribution in [2.75, 3.05) is 25.0 Å². The molecule has 8 heteroatoms. The van der Waals surface area contributed by atoms with Gasteiger partial charge in [-0.3, -0.25) is 19.8 Å². The number of carboxylic acids is 1. The highest BCUT2D eigenvalue weighted by molar-refractivity contribution is 5.90. The van der Waals surface area contributed by atoms with E-state index in [4.69, 9.17) is 9.52 Å². The molecule has 0 spiro atoms. The van der Waals surface area contributed by atoms with E-state index >= 15 is 0 Å². The third-order valence-corrected chi connectivity index (χ3v) is 3.04. The van der Waals surface area contributed by atoms with Gasteiger partial charge in [-0.2, -0.15) is 0 Å². The third kappa shape index (κ3) is 3.77. The fourth-order valence-corrected chi connectivity index (χ4v) is 2.06. The number of aromatic nitrogens is 2. The number of rotatable bonds is 6. The topological polar surface area (TPSA) is 109 Å². The molecule has 1 amide bonds. The van der Waals surface area contributed by atoms with Gasteiger partial charge in [0.25, 0.3) is 0 Å². The number of nitrogens with zero attached hydrogens (tertiary/aromatic N) is 3. The molecule has 110 valence electrons. The Morgan fingerprint density at radius 2 is 2.15 bits per heavy atom. The first-order valence-electron chi connectivity index (χ1n) is 6.51. The standard InChI is InChI=1S/C12H18N4O4/c1-7(2)11-14-15-12(20-11)13-9(17)6-16-4-8(5-16)3-10(18)19/h7-8H,3-6H2,1-2H3,(H,18,19)(H,13,15,17). The van der Waals surface area contributed by atoms with Gasteiger partial charge >= 0.3 is 12.0 Å². The van der Waals surface area contributed by atoms with Crippen molar-refractivity contribution in [1.29, 1.82) is 0 Å². The summed E-state index contributed by atoms with van der Waals surface area (Å²) >= 11 is 0. The Balaban J connectivity index is 1.72. The van der Waals surface area contributed by atoms with Crippen LogP contribution in [0.25, 0.3) is 0 Å². The van der Waals surface area contributed by atoms with Crippen LogP contribution in [0, 0.1) is 5.92 Å². The quantitative estimate of drug-likeness (QED) is 0.783. The van der Waals surface area contributed by atoms with E-state index in [1.807, 2.05) is 18.7 Å². The molecule has 1 aliphatic rings. The van der Waals surface area contributed by atoms with Crippen molar-refractivity contribution in [3.05, 3.63) is 5.89 Å². The van der Waals surface area contributed by atoms with E-state index in [0.717, 1.165) is 0 Å². The lowest BCUT2D eigenvalue weighted by Crippen LogP contribution is -2.50. The summed E-state index contributed by atoms with van der Waals surface area (Å²) in [5.74, 6) is -0.314. The number of carbonyl (C=O) groups excluding carboxylic acids is 1. The van der Waals surface area contributed by atoms with Crippen LogP contribution in [-0.4, -0.2) is 51.7 Å². The fraction of sp³-hybridized carbons (Fsp3) is 0.667. The maximum atomic E-state index is 11.7. The molecular weight excluding hydrogens is 264 g/mol. The highest BCUT2D eigenvalue weighted by Gasteiger charge is 2.29. The van der Waals surface area contributed by atoms with E-state index in [2.05, 4.69) is 15.5 Å². The van der Waals surface area contributed by atoms with Crippen molar-refractivity contribution < 1.29 is 19.1 Å². The van der Waals surface area contributed by atoms with Gasteiger partial charge in [0.05, 0.1) is 13.0 Å². The molecule has 0 radical (unpaired) electrons. The predicted molar refractivity (Wildman–Crippen MR) is 69.2 cm³/mol. The van der Waals surface area contributed by atoms with Crippen LogP contribution >= 0.6 is 0 Å².